The zero-order chi connectivity index (χ0) is 20.5. The highest BCUT2D eigenvalue weighted by Crippen LogP contribution is 2.21. The third-order valence-electron chi connectivity index (χ3n) is 4.26. The van der Waals surface area contributed by atoms with Gasteiger partial charge in [-0.05, 0) is 55.0 Å². The Balaban J connectivity index is 0.00000420. The van der Waals surface area contributed by atoms with Crippen molar-refractivity contribution in [1.29, 1.82) is 0 Å². The van der Waals surface area contributed by atoms with Crippen LogP contribution in [-0.4, -0.2) is 43.7 Å². The first kappa shape index (κ1) is 25.3. The maximum absolute atomic E-state index is 12.0. The van der Waals surface area contributed by atoms with Crippen LogP contribution in [0.3, 0.4) is 0 Å². The fourth-order valence-corrected chi connectivity index (χ4v) is 3.41. The quantitative estimate of drug-likeness (QED) is 0.245. The molecule has 0 aliphatic heterocycles. The first-order valence-electron chi connectivity index (χ1n) is 9.41. The van der Waals surface area contributed by atoms with Crippen LogP contribution in [0.15, 0.2) is 52.4 Å². The van der Waals surface area contributed by atoms with Gasteiger partial charge in [-0.3, -0.25) is 4.79 Å². The number of nitrogens with one attached hydrogen (secondary N) is 2. The second-order valence-corrected chi connectivity index (χ2v) is 7.61. The van der Waals surface area contributed by atoms with E-state index in [0.29, 0.717) is 12.1 Å². The van der Waals surface area contributed by atoms with Gasteiger partial charge in [0, 0.05) is 37.6 Å². The molecule has 0 aliphatic rings. The number of aliphatic imine (C=N–C) groups is 1. The summed E-state index contributed by atoms with van der Waals surface area (Å²) in [5, 5.41) is 6.70. The highest BCUT2D eigenvalue weighted by Gasteiger charge is 2.07. The number of hydrogen-bond donors (Lipinski definition) is 2. The van der Waals surface area contributed by atoms with Gasteiger partial charge in [0.05, 0.1) is 6.54 Å². The highest BCUT2D eigenvalue weighted by atomic mass is 127. The zero-order valence-corrected chi connectivity index (χ0v) is 20.9. The van der Waals surface area contributed by atoms with Crippen LogP contribution in [-0.2, 0) is 13.1 Å². The molecule has 0 saturated heterocycles. The summed E-state index contributed by atoms with van der Waals surface area (Å²) in [5.41, 5.74) is 4.28. The number of aryl methyl sites for hydroxylation is 1. The minimum Gasteiger partial charge on any atom is -0.357 e. The molecule has 0 radical (unpaired) electrons. The molecular formula is C22H31IN4OS. The van der Waals surface area contributed by atoms with Crippen molar-refractivity contribution in [2.45, 2.75) is 31.8 Å². The van der Waals surface area contributed by atoms with Crippen molar-refractivity contribution in [1.82, 2.24) is 15.5 Å². The van der Waals surface area contributed by atoms with E-state index in [4.69, 9.17) is 0 Å². The number of nitrogens with zero attached hydrogens (tertiary/aromatic N) is 2. The second kappa shape index (κ2) is 12.7. The molecule has 0 saturated carbocycles. The van der Waals surface area contributed by atoms with E-state index >= 15 is 0 Å². The number of guanidine groups is 1. The van der Waals surface area contributed by atoms with Crippen molar-refractivity contribution < 1.29 is 4.79 Å². The lowest BCUT2D eigenvalue weighted by Gasteiger charge is -2.14. The van der Waals surface area contributed by atoms with E-state index in [1.807, 2.05) is 24.3 Å². The summed E-state index contributed by atoms with van der Waals surface area (Å²) < 4.78 is 0. The Morgan fingerprint density at radius 1 is 1.10 bits per heavy atom. The minimum atomic E-state index is 0. The van der Waals surface area contributed by atoms with Crippen molar-refractivity contribution in [3.05, 3.63) is 64.7 Å². The lowest BCUT2D eigenvalue weighted by Crippen LogP contribution is -2.36. The molecule has 7 heteroatoms. The first-order valence-corrected chi connectivity index (χ1v) is 10.6. The van der Waals surface area contributed by atoms with Crippen LogP contribution in [0.5, 0.6) is 0 Å². The Kier molecular flexibility index (Phi) is 11.1. The predicted octanol–water partition coefficient (Wildman–Crippen LogP) is 4.29. The molecule has 2 aromatic carbocycles. The number of hydrogen-bond acceptors (Lipinski definition) is 3. The van der Waals surface area contributed by atoms with Gasteiger partial charge in [-0.2, -0.15) is 0 Å². The van der Waals surface area contributed by atoms with Crippen LogP contribution in [0.2, 0.25) is 0 Å². The van der Waals surface area contributed by atoms with Gasteiger partial charge in [0.2, 0.25) is 0 Å². The molecule has 1 amide bonds. The molecule has 2 rings (SSSR count). The van der Waals surface area contributed by atoms with Crippen molar-refractivity contribution in [3.8, 4) is 0 Å². The summed E-state index contributed by atoms with van der Waals surface area (Å²) in [6.45, 7) is 6.23. The van der Waals surface area contributed by atoms with Crippen LogP contribution in [0.4, 0.5) is 0 Å². The topological polar surface area (TPSA) is 56.7 Å². The lowest BCUT2D eigenvalue weighted by atomic mass is 10.1. The molecule has 0 spiro atoms. The van der Waals surface area contributed by atoms with E-state index in [1.54, 1.807) is 30.8 Å². The molecule has 5 nitrogen and oxygen atoms in total. The van der Waals surface area contributed by atoms with Crippen molar-refractivity contribution in [3.63, 3.8) is 0 Å². The third kappa shape index (κ3) is 7.89. The van der Waals surface area contributed by atoms with Gasteiger partial charge in [-0.25, -0.2) is 4.99 Å². The lowest BCUT2D eigenvalue weighted by molar-refractivity contribution is 0.0827. The fourth-order valence-electron chi connectivity index (χ4n) is 2.70. The number of amides is 1. The third-order valence-corrected chi connectivity index (χ3v) is 5.08. The largest absolute Gasteiger partial charge is 0.357 e. The van der Waals surface area contributed by atoms with Crippen LogP contribution < -0.4 is 10.6 Å². The molecule has 0 heterocycles. The molecule has 0 fully saturated rings. The summed E-state index contributed by atoms with van der Waals surface area (Å²) in [7, 11) is 3.51. The van der Waals surface area contributed by atoms with E-state index in [2.05, 4.69) is 53.9 Å². The molecular weight excluding hydrogens is 495 g/mol. The molecule has 0 unspecified atom stereocenters. The van der Waals surface area contributed by atoms with E-state index < -0.39 is 0 Å². The molecule has 2 aromatic rings. The summed E-state index contributed by atoms with van der Waals surface area (Å²) >= 11 is 1.76. The first-order chi connectivity index (χ1) is 13.4. The Labute approximate surface area is 195 Å². The molecule has 0 aliphatic carbocycles. The van der Waals surface area contributed by atoms with Gasteiger partial charge in [0.15, 0.2) is 5.96 Å². The van der Waals surface area contributed by atoms with Gasteiger partial charge >= 0.3 is 0 Å². The van der Waals surface area contributed by atoms with Crippen molar-refractivity contribution in [2.24, 2.45) is 4.99 Å². The van der Waals surface area contributed by atoms with Crippen LogP contribution in [0.1, 0.15) is 34.0 Å². The number of rotatable bonds is 7. The van der Waals surface area contributed by atoms with Gasteiger partial charge in [0.25, 0.3) is 5.91 Å². The molecule has 0 atom stereocenters. The summed E-state index contributed by atoms with van der Waals surface area (Å²) in [6.07, 6.45) is 2.10. The zero-order valence-electron chi connectivity index (χ0n) is 17.8. The Morgan fingerprint density at radius 3 is 2.38 bits per heavy atom. The van der Waals surface area contributed by atoms with Crippen LogP contribution in [0, 0.1) is 6.92 Å². The van der Waals surface area contributed by atoms with Gasteiger partial charge in [-0.1, -0.05) is 24.3 Å². The molecule has 0 aromatic heterocycles. The van der Waals surface area contributed by atoms with Gasteiger partial charge < -0.3 is 15.5 Å². The SMILES string of the molecule is CCNC(=NCc1ccc(C(=O)N(C)C)cc1)NCc1ccc(C)cc1SC.I. The number of thioether (sulfide) groups is 1. The smallest absolute Gasteiger partial charge is 0.253 e. The standard InChI is InChI=1S/C22H30N4OS.HI/c1-6-23-22(25-15-19-10-7-16(2)13-20(19)28-5)24-14-17-8-11-18(12-9-17)21(27)26(3)4;/h7-13H,6,14-15H2,1-5H3,(H2,23,24,25);1H. The minimum absolute atomic E-state index is 0. The second-order valence-electron chi connectivity index (χ2n) is 6.76. The van der Waals surface area contributed by atoms with Crippen molar-refractivity contribution >= 4 is 47.6 Å². The predicted molar refractivity (Wildman–Crippen MR) is 134 cm³/mol. The summed E-state index contributed by atoms with van der Waals surface area (Å²) in [6, 6.07) is 14.1. The van der Waals surface area contributed by atoms with Gasteiger partial charge in [0.1, 0.15) is 0 Å². The number of carbonyl (C=O) groups excluding carboxylic acids is 1. The number of benzene rings is 2. The maximum atomic E-state index is 12.0. The maximum Gasteiger partial charge on any atom is 0.253 e. The molecule has 2 N–H and O–H groups in total. The molecule has 158 valence electrons. The number of halogens is 1. The van der Waals surface area contributed by atoms with E-state index in [9.17, 15) is 4.79 Å². The fraction of sp³-hybridized carbons (Fsp3) is 0.364. The van der Waals surface area contributed by atoms with E-state index in [1.165, 1.54) is 16.0 Å². The van der Waals surface area contributed by atoms with Gasteiger partial charge in [-0.15, -0.1) is 35.7 Å². The van der Waals surface area contributed by atoms with Crippen LogP contribution in [0.25, 0.3) is 0 Å². The average molecular weight is 526 g/mol. The average Bonchev–Trinajstić information content (AvgIpc) is 2.70. The Hall–Kier alpha value is -1.74. The number of carbonyl (C=O) groups is 1. The monoisotopic (exact) mass is 526 g/mol. The Morgan fingerprint density at radius 2 is 1.79 bits per heavy atom. The molecule has 29 heavy (non-hydrogen) atoms. The normalized spacial score (nSPS) is 10.9. The van der Waals surface area contributed by atoms with E-state index in [-0.39, 0.29) is 29.9 Å². The summed E-state index contributed by atoms with van der Waals surface area (Å²) in [4.78, 5) is 19.5. The summed E-state index contributed by atoms with van der Waals surface area (Å²) in [5.74, 6) is 0.788. The molecule has 0 bridgehead atoms. The highest BCUT2D eigenvalue weighted by molar-refractivity contribution is 14.0. The van der Waals surface area contributed by atoms with E-state index in [0.717, 1.165) is 24.6 Å². The van der Waals surface area contributed by atoms with Crippen molar-refractivity contribution in [2.75, 3.05) is 26.9 Å². The van der Waals surface area contributed by atoms with Crippen LogP contribution >= 0.6 is 35.7 Å². The Bertz CT molecular complexity index is 822.